The van der Waals surface area contributed by atoms with Crippen LogP contribution >= 0.6 is 0 Å². The molecule has 0 spiro atoms. The fraction of sp³-hybridized carbons (Fsp3) is 0.231. The Morgan fingerprint density at radius 1 is 1.32 bits per heavy atom. The zero-order valence-electron chi connectivity index (χ0n) is 10.5. The van der Waals surface area contributed by atoms with E-state index in [1.807, 2.05) is 0 Å². The van der Waals surface area contributed by atoms with Crippen LogP contribution in [0.3, 0.4) is 0 Å². The molecule has 0 saturated heterocycles. The Labute approximate surface area is 108 Å². The van der Waals surface area contributed by atoms with Crippen LogP contribution in [0.5, 0.6) is 0 Å². The van der Waals surface area contributed by atoms with Gasteiger partial charge in [-0.1, -0.05) is 11.2 Å². The molecule has 0 radical (unpaired) electrons. The van der Waals surface area contributed by atoms with E-state index in [1.54, 1.807) is 13.8 Å². The number of halogens is 2. The van der Waals surface area contributed by atoms with Crippen LogP contribution in [0.25, 0.3) is 0 Å². The number of hydrogen-bond acceptors (Lipinski definition) is 3. The molecule has 1 amide bonds. The number of anilines is 1. The Hall–Kier alpha value is -2.24. The zero-order chi connectivity index (χ0) is 14.0. The molecule has 2 aromatic rings. The second-order valence-electron chi connectivity index (χ2n) is 4.12. The average Bonchev–Trinajstić information content (AvgIpc) is 2.66. The first-order chi connectivity index (χ1) is 8.99. The van der Waals surface area contributed by atoms with Gasteiger partial charge in [-0.15, -0.1) is 0 Å². The lowest BCUT2D eigenvalue weighted by Gasteiger charge is -2.07. The summed E-state index contributed by atoms with van der Waals surface area (Å²) in [5.41, 5.74) is 0.759. The lowest BCUT2D eigenvalue weighted by atomic mass is 10.1. The molecule has 4 nitrogen and oxygen atoms in total. The number of nitrogens with one attached hydrogen (secondary N) is 1. The maximum absolute atomic E-state index is 13.4. The molecule has 19 heavy (non-hydrogen) atoms. The summed E-state index contributed by atoms with van der Waals surface area (Å²) in [6, 6.07) is 3.39. The van der Waals surface area contributed by atoms with Crippen molar-refractivity contribution in [3.05, 3.63) is 46.9 Å². The van der Waals surface area contributed by atoms with Crippen molar-refractivity contribution in [2.45, 2.75) is 20.3 Å². The number of carbonyl (C=O) groups is 1. The molecule has 6 heteroatoms. The van der Waals surface area contributed by atoms with E-state index < -0.39 is 23.2 Å². The van der Waals surface area contributed by atoms with Crippen LogP contribution in [-0.4, -0.2) is 11.1 Å². The van der Waals surface area contributed by atoms with Crippen LogP contribution in [0.15, 0.2) is 22.7 Å². The Morgan fingerprint density at radius 2 is 1.95 bits per heavy atom. The van der Waals surface area contributed by atoms with Gasteiger partial charge >= 0.3 is 0 Å². The predicted octanol–water partition coefficient (Wildman–Crippen LogP) is 2.75. The van der Waals surface area contributed by atoms with E-state index in [4.69, 9.17) is 4.52 Å². The Bertz CT molecular complexity index is 583. The summed E-state index contributed by atoms with van der Waals surface area (Å²) in [6.45, 7) is 3.37. The van der Waals surface area contributed by atoms with Gasteiger partial charge in [0.2, 0.25) is 5.91 Å². The standard InChI is InChI=1S/C13H12F2N2O2/c1-7-9(8(2)19-17-7)6-12(18)16-13-10(14)4-3-5-11(13)15/h3-5H,6H2,1-2H3,(H,16,18). The van der Waals surface area contributed by atoms with Crippen LogP contribution in [0.4, 0.5) is 14.5 Å². The minimum Gasteiger partial charge on any atom is -0.361 e. The summed E-state index contributed by atoms with van der Waals surface area (Å²) < 4.78 is 31.6. The van der Waals surface area contributed by atoms with Gasteiger partial charge in [0, 0.05) is 5.56 Å². The van der Waals surface area contributed by atoms with Gasteiger partial charge in [-0.25, -0.2) is 8.78 Å². The molecule has 1 N–H and O–H groups in total. The van der Waals surface area contributed by atoms with Crippen LogP contribution in [-0.2, 0) is 11.2 Å². The van der Waals surface area contributed by atoms with E-state index in [9.17, 15) is 13.6 Å². The normalized spacial score (nSPS) is 10.5. The summed E-state index contributed by atoms with van der Waals surface area (Å²) in [5.74, 6) is -1.64. The summed E-state index contributed by atoms with van der Waals surface area (Å²) >= 11 is 0. The van der Waals surface area contributed by atoms with Gasteiger partial charge in [-0.2, -0.15) is 0 Å². The van der Waals surface area contributed by atoms with Crippen LogP contribution in [0, 0.1) is 25.5 Å². The third kappa shape index (κ3) is 2.78. The SMILES string of the molecule is Cc1noc(C)c1CC(=O)Nc1c(F)cccc1F. The quantitative estimate of drug-likeness (QED) is 0.929. The summed E-state index contributed by atoms with van der Waals surface area (Å²) in [4.78, 5) is 11.8. The zero-order valence-corrected chi connectivity index (χ0v) is 10.5. The first-order valence-electron chi connectivity index (χ1n) is 5.64. The largest absolute Gasteiger partial charge is 0.361 e. The molecule has 100 valence electrons. The van der Waals surface area contributed by atoms with Gasteiger partial charge < -0.3 is 9.84 Å². The molecule has 1 aromatic carbocycles. The monoisotopic (exact) mass is 266 g/mol. The van der Waals surface area contributed by atoms with Crippen LogP contribution in [0.2, 0.25) is 0 Å². The maximum Gasteiger partial charge on any atom is 0.229 e. The van der Waals surface area contributed by atoms with Crippen molar-refractivity contribution in [3.63, 3.8) is 0 Å². The Morgan fingerprint density at radius 3 is 2.47 bits per heavy atom. The number of benzene rings is 1. The van der Waals surface area contributed by atoms with E-state index in [0.717, 1.165) is 12.1 Å². The van der Waals surface area contributed by atoms with Crippen LogP contribution < -0.4 is 5.32 Å². The summed E-state index contributed by atoms with van der Waals surface area (Å²) in [5, 5.41) is 5.92. The van der Waals surface area contributed by atoms with E-state index in [0.29, 0.717) is 17.0 Å². The number of rotatable bonds is 3. The minimum absolute atomic E-state index is 0.0467. The molecule has 0 aliphatic rings. The number of carbonyl (C=O) groups excluding carboxylic acids is 1. The molecule has 0 aliphatic heterocycles. The molecular weight excluding hydrogens is 254 g/mol. The maximum atomic E-state index is 13.4. The van der Waals surface area contributed by atoms with Crippen LogP contribution in [0.1, 0.15) is 17.0 Å². The van der Waals surface area contributed by atoms with E-state index in [1.165, 1.54) is 6.07 Å². The second kappa shape index (κ2) is 5.17. The molecule has 0 atom stereocenters. The lowest BCUT2D eigenvalue weighted by molar-refractivity contribution is -0.115. The molecule has 2 rings (SSSR count). The number of para-hydroxylation sites is 1. The smallest absolute Gasteiger partial charge is 0.229 e. The minimum atomic E-state index is -0.813. The van der Waals surface area contributed by atoms with Crippen molar-refractivity contribution in [3.8, 4) is 0 Å². The van der Waals surface area contributed by atoms with Gasteiger partial charge in [0.05, 0.1) is 12.1 Å². The number of hydrogen-bond donors (Lipinski definition) is 1. The van der Waals surface area contributed by atoms with Crippen molar-refractivity contribution in [1.29, 1.82) is 0 Å². The highest BCUT2D eigenvalue weighted by molar-refractivity contribution is 5.92. The molecule has 0 unspecified atom stereocenters. The second-order valence-corrected chi connectivity index (χ2v) is 4.12. The van der Waals surface area contributed by atoms with Gasteiger partial charge in [0.1, 0.15) is 23.1 Å². The highest BCUT2D eigenvalue weighted by Gasteiger charge is 2.16. The fourth-order valence-electron chi connectivity index (χ4n) is 1.72. The van der Waals surface area contributed by atoms with E-state index >= 15 is 0 Å². The Balaban J connectivity index is 2.14. The number of aromatic nitrogens is 1. The highest BCUT2D eigenvalue weighted by atomic mass is 19.1. The average molecular weight is 266 g/mol. The van der Waals surface area contributed by atoms with Gasteiger partial charge in [0.25, 0.3) is 0 Å². The van der Waals surface area contributed by atoms with E-state index in [2.05, 4.69) is 10.5 Å². The third-order valence-corrected chi connectivity index (χ3v) is 2.75. The highest BCUT2D eigenvalue weighted by Crippen LogP contribution is 2.19. The Kier molecular flexibility index (Phi) is 3.59. The molecule has 0 bridgehead atoms. The molecular formula is C13H12F2N2O2. The molecule has 1 aromatic heterocycles. The van der Waals surface area contributed by atoms with Gasteiger partial charge in [0.15, 0.2) is 0 Å². The van der Waals surface area contributed by atoms with Crippen molar-refractivity contribution in [2.75, 3.05) is 5.32 Å². The molecule has 1 heterocycles. The van der Waals surface area contributed by atoms with Crippen molar-refractivity contribution in [2.24, 2.45) is 0 Å². The van der Waals surface area contributed by atoms with Gasteiger partial charge in [-0.3, -0.25) is 4.79 Å². The molecule has 0 aliphatic carbocycles. The summed E-state index contributed by atoms with van der Waals surface area (Å²) in [7, 11) is 0. The third-order valence-electron chi connectivity index (χ3n) is 2.75. The fourth-order valence-corrected chi connectivity index (χ4v) is 1.72. The number of aryl methyl sites for hydroxylation is 2. The first-order valence-corrected chi connectivity index (χ1v) is 5.64. The number of nitrogens with zero attached hydrogens (tertiary/aromatic N) is 1. The topological polar surface area (TPSA) is 55.1 Å². The van der Waals surface area contributed by atoms with Crippen molar-refractivity contribution >= 4 is 11.6 Å². The molecule has 0 fully saturated rings. The van der Waals surface area contributed by atoms with Gasteiger partial charge in [-0.05, 0) is 26.0 Å². The molecule has 0 saturated carbocycles. The predicted molar refractivity (Wildman–Crippen MR) is 64.7 cm³/mol. The van der Waals surface area contributed by atoms with Crippen molar-refractivity contribution in [1.82, 2.24) is 5.16 Å². The van der Waals surface area contributed by atoms with E-state index in [-0.39, 0.29) is 6.42 Å². The first kappa shape index (κ1) is 13.2. The van der Waals surface area contributed by atoms with Crippen molar-refractivity contribution < 1.29 is 18.1 Å². The number of amides is 1. The lowest BCUT2D eigenvalue weighted by Crippen LogP contribution is -2.17. The summed E-state index contributed by atoms with van der Waals surface area (Å²) in [6.07, 6.45) is -0.0467.